The van der Waals surface area contributed by atoms with Crippen molar-refractivity contribution in [2.45, 2.75) is 52.3 Å². The van der Waals surface area contributed by atoms with Crippen LogP contribution in [-0.4, -0.2) is 73.0 Å². The Bertz CT molecular complexity index is 1150. The second kappa shape index (κ2) is 12.1. The Kier molecular flexibility index (Phi) is 9.16. The fourth-order valence-corrected chi connectivity index (χ4v) is 4.36. The number of nitro benzene ring substituents is 1. The number of nitrogens with zero attached hydrogens (tertiary/aromatic N) is 3. The number of carbonyl (C=O) groups is 2. The second-order valence-corrected chi connectivity index (χ2v) is 10.3. The monoisotopic (exact) mass is 528 g/mol. The van der Waals surface area contributed by atoms with E-state index in [0.29, 0.717) is 18.8 Å². The van der Waals surface area contributed by atoms with Gasteiger partial charge in [0.15, 0.2) is 0 Å². The molecule has 3 rings (SSSR count). The molecule has 1 amide bonds. The predicted octanol–water partition coefficient (Wildman–Crippen LogP) is 4.98. The van der Waals surface area contributed by atoms with Crippen molar-refractivity contribution in [2.75, 3.05) is 43.6 Å². The number of esters is 1. The molecule has 1 N–H and O–H groups in total. The van der Waals surface area contributed by atoms with Gasteiger partial charge in [-0.3, -0.25) is 15.0 Å². The normalized spacial score (nSPS) is 17.6. The molecule has 1 saturated heterocycles. The first-order valence-corrected chi connectivity index (χ1v) is 12.5. The molecule has 0 saturated carbocycles. The molecule has 0 spiro atoms. The van der Waals surface area contributed by atoms with Crippen LogP contribution in [0.5, 0.6) is 0 Å². The maximum atomic E-state index is 12.7. The molecule has 1 fully saturated rings. The Hall–Kier alpha value is -3.86. The van der Waals surface area contributed by atoms with Gasteiger partial charge in [0.25, 0.3) is 5.69 Å². The minimum atomic E-state index is -0.660. The summed E-state index contributed by atoms with van der Waals surface area (Å²) < 4.78 is 15.5. The number of benzene rings is 2. The van der Waals surface area contributed by atoms with E-state index < -0.39 is 16.5 Å². The SMILES string of the molecule is COCCOC(=O)c1ccc(Nc2cccc(N3CC(C)N(C(=O)OC(C)(C)C)C(C)C3)c2)c([N+](=O)[O-])c1. The Labute approximate surface area is 222 Å². The van der Waals surface area contributed by atoms with Crippen LogP contribution >= 0.6 is 0 Å². The molecule has 0 bridgehead atoms. The van der Waals surface area contributed by atoms with Gasteiger partial charge in [0.2, 0.25) is 0 Å². The van der Waals surface area contributed by atoms with Gasteiger partial charge in [-0.1, -0.05) is 6.07 Å². The van der Waals surface area contributed by atoms with Gasteiger partial charge in [-0.05, 0) is 65.0 Å². The molecule has 0 aliphatic carbocycles. The molecule has 1 aliphatic rings. The van der Waals surface area contributed by atoms with Crippen LogP contribution in [0.25, 0.3) is 0 Å². The number of nitrogens with one attached hydrogen (secondary N) is 1. The molecule has 11 heteroatoms. The van der Waals surface area contributed by atoms with Crippen molar-refractivity contribution in [3.8, 4) is 0 Å². The quantitative estimate of drug-likeness (QED) is 0.219. The highest BCUT2D eigenvalue weighted by Gasteiger charge is 2.35. The largest absolute Gasteiger partial charge is 0.460 e. The predicted molar refractivity (Wildman–Crippen MR) is 144 cm³/mol. The van der Waals surface area contributed by atoms with Gasteiger partial charge in [-0.2, -0.15) is 0 Å². The molecule has 206 valence electrons. The van der Waals surface area contributed by atoms with E-state index in [2.05, 4.69) is 10.2 Å². The second-order valence-electron chi connectivity index (χ2n) is 10.3. The van der Waals surface area contributed by atoms with Crippen LogP contribution in [0.1, 0.15) is 45.0 Å². The topological polar surface area (TPSA) is 123 Å². The highest BCUT2D eigenvalue weighted by molar-refractivity contribution is 5.91. The number of hydrogen-bond acceptors (Lipinski definition) is 9. The van der Waals surface area contributed by atoms with Crippen molar-refractivity contribution in [1.82, 2.24) is 4.90 Å². The zero-order valence-electron chi connectivity index (χ0n) is 22.7. The summed E-state index contributed by atoms with van der Waals surface area (Å²) in [4.78, 5) is 40.1. The van der Waals surface area contributed by atoms with Crippen LogP contribution in [0, 0.1) is 10.1 Å². The first-order chi connectivity index (χ1) is 17.9. The van der Waals surface area contributed by atoms with Crippen molar-refractivity contribution in [3.63, 3.8) is 0 Å². The van der Waals surface area contributed by atoms with Gasteiger partial charge in [0.05, 0.1) is 29.2 Å². The summed E-state index contributed by atoms with van der Waals surface area (Å²) in [5.74, 6) is -0.660. The lowest BCUT2D eigenvalue weighted by molar-refractivity contribution is -0.383. The van der Waals surface area contributed by atoms with Gasteiger partial charge in [0, 0.05) is 37.6 Å². The van der Waals surface area contributed by atoms with Gasteiger partial charge in [-0.25, -0.2) is 9.59 Å². The molecular weight excluding hydrogens is 492 g/mol. The van der Waals surface area contributed by atoms with E-state index in [0.717, 1.165) is 5.69 Å². The molecule has 1 aliphatic heterocycles. The molecule has 2 aromatic rings. The van der Waals surface area contributed by atoms with Gasteiger partial charge < -0.3 is 24.4 Å². The summed E-state index contributed by atoms with van der Waals surface area (Å²) >= 11 is 0. The standard InChI is InChI=1S/C27H36N4O7/c1-18-16-29(17-19(2)30(18)26(33)38-27(3,4)5)22-9-7-8-21(15-22)28-23-11-10-20(14-24(23)31(34)35)25(32)37-13-12-36-6/h7-11,14-15,18-19,28H,12-13,16-17H2,1-6H3. The number of carbonyl (C=O) groups excluding carboxylic acids is 2. The fraction of sp³-hybridized carbons (Fsp3) is 0.481. The van der Waals surface area contributed by atoms with Crippen LogP contribution in [0.2, 0.25) is 0 Å². The zero-order valence-corrected chi connectivity index (χ0v) is 22.7. The number of anilines is 3. The lowest BCUT2D eigenvalue weighted by Crippen LogP contribution is -2.59. The van der Waals surface area contributed by atoms with E-state index in [-0.39, 0.29) is 48.3 Å². The average Bonchev–Trinajstić information content (AvgIpc) is 2.82. The van der Waals surface area contributed by atoms with E-state index >= 15 is 0 Å². The molecule has 2 atom stereocenters. The molecule has 1 heterocycles. The highest BCUT2D eigenvalue weighted by Crippen LogP contribution is 2.32. The molecule has 0 radical (unpaired) electrons. The highest BCUT2D eigenvalue weighted by atomic mass is 16.6. The number of amides is 1. The third kappa shape index (κ3) is 7.34. The third-order valence-corrected chi connectivity index (χ3v) is 5.96. The van der Waals surface area contributed by atoms with E-state index in [1.54, 1.807) is 4.90 Å². The number of rotatable bonds is 8. The summed E-state index contributed by atoms with van der Waals surface area (Å²) in [5, 5.41) is 14.9. The summed E-state index contributed by atoms with van der Waals surface area (Å²) in [6.45, 7) is 11.0. The Balaban J connectivity index is 1.75. The van der Waals surface area contributed by atoms with Crippen molar-refractivity contribution >= 4 is 34.8 Å². The van der Waals surface area contributed by atoms with E-state index in [4.69, 9.17) is 14.2 Å². The Morgan fingerprint density at radius 2 is 1.76 bits per heavy atom. The zero-order chi connectivity index (χ0) is 28.0. The number of piperazine rings is 1. The summed E-state index contributed by atoms with van der Waals surface area (Å²) in [6.07, 6.45) is -0.328. The smallest absolute Gasteiger partial charge is 0.410 e. The van der Waals surface area contributed by atoms with Gasteiger partial charge >= 0.3 is 12.1 Å². The summed E-state index contributed by atoms with van der Waals surface area (Å²) in [5.41, 5.74) is 1.08. The summed E-state index contributed by atoms with van der Waals surface area (Å²) in [7, 11) is 1.49. The van der Waals surface area contributed by atoms with Crippen LogP contribution in [0.3, 0.4) is 0 Å². The van der Waals surface area contributed by atoms with Crippen molar-refractivity contribution in [2.24, 2.45) is 0 Å². The van der Waals surface area contributed by atoms with Crippen LogP contribution < -0.4 is 10.2 Å². The third-order valence-electron chi connectivity index (χ3n) is 5.96. The molecule has 11 nitrogen and oxygen atoms in total. The minimum absolute atomic E-state index is 0.0548. The maximum Gasteiger partial charge on any atom is 0.410 e. The minimum Gasteiger partial charge on any atom is -0.460 e. The van der Waals surface area contributed by atoms with Gasteiger partial charge in [-0.15, -0.1) is 0 Å². The van der Waals surface area contributed by atoms with Gasteiger partial charge in [0.1, 0.15) is 17.9 Å². The molecular formula is C27H36N4O7. The molecule has 2 aromatic carbocycles. The van der Waals surface area contributed by atoms with E-state index in [1.165, 1.54) is 25.3 Å². The van der Waals surface area contributed by atoms with Crippen LogP contribution in [-0.2, 0) is 14.2 Å². The molecule has 2 unspecified atom stereocenters. The van der Waals surface area contributed by atoms with E-state index in [9.17, 15) is 19.7 Å². The van der Waals surface area contributed by atoms with Crippen LogP contribution in [0.4, 0.5) is 27.5 Å². The lowest BCUT2D eigenvalue weighted by atomic mass is 10.1. The summed E-state index contributed by atoms with van der Waals surface area (Å²) in [6, 6.07) is 11.5. The average molecular weight is 529 g/mol. The number of nitro groups is 1. The number of hydrogen-bond donors (Lipinski definition) is 1. The van der Waals surface area contributed by atoms with Crippen molar-refractivity contribution in [3.05, 3.63) is 58.1 Å². The number of methoxy groups -OCH3 is 1. The Morgan fingerprint density at radius 3 is 2.37 bits per heavy atom. The van der Waals surface area contributed by atoms with E-state index in [1.807, 2.05) is 58.9 Å². The van der Waals surface area contributed by atoms with Crippen LogP contribution in [0.15, 0.2) is 42.5 Å². The lowest BCUT2D eigenvalue weighted by Gasteiger charge is -2.45. The van der Waals surface area contributed by atoms with Crippen molar-refractivity contribution < 1.29 is 28.7 Å². The maximum absolute atomic E-state index is 12.7. The van der Waals surface area contributed by atoms with Crippen molar-refractivity contribution in [1.29, 1.82) is 0 Å². The first-order valence-electron chi connectivity index (χ1n) is 12.5. The Morgan fingerprint density at radius 1 is 1.08 bits per heavy atom. The number of ether oxygens (including phenoxy) is 3. The molecule has 0 aromatic heterocycles. The fourth-order valence-electron chi connectivity index (χ4n) is 4.36. The molecule has 38 heavy (non-hydrogen) atoms. The first kappa shape index (κ1) is 28.7.